The molecule has 0 aromatic heterocycles. The predicted molar refractivity (Wildman–Crippen MR) is 54.5 cm³/mol. The Balaban J connectivity index is 2.90. The minimum absolute atomic E-state index is 0.467. The Morgan fingerprint density at radius 1 is 1.53 bits per heavy atom. The molecule has 0 aliphatic carbocycles. The molecule has 0 spiro atoms. The van der Waals surface area contributed by atoms with E-state index in [0.717, 1.165) is 0 Å². The number of hydrogen-bond acceptors (Lipinski definition) is 6. The SMILES string of the molecule is CC(=O)N[C@H]1[C@H](O)[C@@H](O)[C@@H](CO)O[C@H]1N=[N+]=[N-]. The summed E-state index contributed by atoms with van der Waals surface area (Å²) in [4.78, 5) is 13.4. The Bertz CT molecular complexity index is 332. The summed E-state index contributed by atoms with van der Waals surface area (Å²) in [6.45, 7) is 0.673. The number of carbonyl (C=O) groups is 1. The van der Waals surface area contributed by atoms with Crippen molar-refractivity contribution in [2.45, 2.75) is 37.5 Å². The molecule has 1 fully saturated rings. The molecule has 0 aromatic carbocycles. The van der Waals surface area contributed by atoms with Crippen molar-refractivity contribution in [2.24, 2.45) is 5.11 Å². The molecule has 0 aromatic rings. The maximum atomic E-state index is 10.9. The summed E-state index contributed by atoms with van der Waals surface area (Å²) >= 11 is 0. The van der Waals surface area contributed by atoms with E-state index in [4.69, 9.17) is 15.4 Å². The zero-order chi connectivity index (χ0) is 13.0. The van der Waals surface area contributed by atoms with Crippen LogP contribution in [0.25, 0.3) is 10.4 Å². The van der Waals surface area contributed by atoms with Crippen molar-refractivity contribution in [1.29, 1.82) is 0 Å². The van der Waals surface area contributed by atoms with Gasteiger partial charge in [0.2, 0.25) is 5.91 Å². The van der Waals surface area contributed by atoms with Crippen LogP contribution in [0.2, 0.25) is 0 Å². The molecule has 4 N–H and O–H groups in total. The number of nitrogens with one attached hydrogen (secondary N) is 1. The molecule has 1 amide bonds. The Kier molecular flexibility index (Phi) is 4.67. The first-order valence-electron chi connectivity index (χ1n) is 4.95. The fourth-order valence-electron chi connectivity index (χ4n) is 1.64. The van der Waals surface area contributed by atoms with Gasteiger partial charge in [0, 0.05) is 11.8 Å². The van der Waals surface area contributed by atoms with Gasteiger partial charge in [-0.15, -0.1) is 0 Å². The van der Waals surface area contributed by atoms with Gasteiger partial charge in [0.1, 0.15) is 18.3 Å². The summed E-state index contributed by atoms with van der Waals surface area (Å²) < 4.78 is 5.08. The summed E-state index contributed by atoms with van der Waals surface area (Å²) in [6, 6.07) is -1.05. The monoisotopic (exact) mass is 246 g/mol. The summed E-state index contributed by atoms with van der Waals surface area (Å²) in [5.74, 6) is -0.467. The van der Waals surface area contributed by atoms with Crippen LogP contribution in [-0.4, -0.2) is 58.4 Å². The number of aliphatic hydroxyl groups is 3. The molecule has 9 heteroatoms. The highest BCUT2D eigenvalue weighted by atomic mass is 16.5. The Hall–Kier alpha value is -1.38. The molecule has 9 nitrogen and oxygen atoms in total. The Morgan fingerprint density at radius 2 is 2.18 bits per heavy atom. The normalized spacial score (nSPS) is 37.1. The van der Waals surface area contributed by atoms with Crippen LogP contribution in [0, 0.1) is 0 Å². The number of azide groups is 1. The van der Waals surface area contributed by atoms with E-state index in [0.29, 0.717) is 0 Å². The molecular weight excluding hydrogens is 232 g/mol. The van der Waals surface area contributed by atoms with Crippen LogP contribution >= 0.6 is 0 Å². The fraction of sp³-hybridized carbons (Fsp3) is 0.875. The van der Waals surface area contributed by atoms with Gasteiger partial charge in [-0.05, 0) is 5.53 Å². The summed E-state index contributed by atoms with van der Waals surface area (Å²) in [5, 5.41) is 33.8. The van der Waals surface area contributed by atoms with E-state index in [2.05, 4.69) is 15.3 Å². The maximum absolute atomic E-state index is 10.9. The first kappa shape index (κ1) is 13.7. The van der Waals surface area contributed by atoms with Gasteiger partial charge in [-0.3, -0.25) is 4.79 Å². The highest BCUT2D eigenvalue weighted by molar-refractivity contribution is 5.73. The van der Waals surface area contributed by atoms with Crippen LogP contribution in [0.4, 0.5) is 0 Å². The topological polar surface area (TPSA) is 148 Å². The van der Waals surface area contributed by atoms with E-state index >= 15 is 0 Å². The average molecular weight is 246 g/mol. The van der Waals surface area contributed by atoms with Gasteiger partial charge in [-0.2, -0.15) is 0 Å². The van der Waals surface area contributed by atoms with Gasteiger partial charge < -0.3 is 25.4 Å². The minimum Gasteiger partial charge on any atom is -0.394 e. The van der Waals surface area contributed by atoms with E-state index in [1.165, 1.54) is 6.92 Å². The number of aliphatic hydroxyl groups excluding tert-OH is 3. The number of carbonyl (C=O) groups excluding carboxylic acids is 1. The van der Waals surface area contributed by atoms with Gasteiger partial charge in [-0.25, -0.2) is 0 Å². The zero-order valence-electron chi connectivity index (χ0n) is 9.09. The Labute approximate surface area is 96.6 Å². The molecule has 1 heterocycles. The molecule has 17 heavy (non-hydrogen) atoms. The van der Waals surface area contributed by atoms with E-state index < -0.39 is 43.1 Å². The summed E-state index contributed by atoms with van der Waals surface area (Å²) in [5.41, 5.74) is 8.34. The van der Waals surface area contributed by atoms with Crippen LogP contribution in [-0.2, 0) is 9.53 Å². The third-order valence-corrected chi connectivity index (χ3v) is 2.44. The van der Waals surface area contributed by atoms with Crippen LogP contribution < -0.4 is 5.32 Å². The zero-order valence-corrected chi connectivity index (χ0v) is 9.09. The third kappa shape index (κ3) is 3.05. The Morgan fingerprint density at radius 3 is 2.65 bits per heavy atom. The maximum Gasteiger partial charge on any atom is 0.217 e. The van der Waals surface area contributed by atoms with Gasteiger partial charge in [-0.1, -0.05) is 5.11 Å². The van der Waals surface area contributed by atoms with Gasteiger partial charge in [0.05, 0.1) is 12.6 Å². The van der Waals surface area contributed by atoms with Crippen LogP contribution in [0.5, 0.6) is 0 Å². The number of hydrogen-bond donors (Lipinski definition) is 4. The second-order valence-corrected chi connectivity index (χ2v) is 3.66. The lowest BCUT2D eigenvalue weighted by Crippen LogP contribution is -2.63. The molecule has 1 rings (SSSR count). The first-order chi connectivity index (χ1) is 8.01. The second kappa shape index (κ2) is 5.80. The molecule has 96 valence electrons. The van der Waals surface area contributed by atoms with Gasteiger partial charge >= 0.3 is 0 Å². The third-order valence-electron chi connectivity index (χ3n) is 2.44. The van der Waals surface area contributed by atoms with Crippen LogP contribution in [0.1, 0.15) is 6.92 Å². The van der Waals surface area contributed by atoms with E-state index in [9.17, 15) is 15.0 Å². The van der Waals surface area contributed by atoms with Crippen LogP contribution in [0.3, 0.4) is 0 Å². The van der Waals surface area contributed by atoms with Gasteiger partial charge in [0.15, 0.2) is 6.23 Å². The molecule has 0 radical (unpaired) electrons. The number of amides is 1. The van der Waals surface area contributed by atoms with Crippen molar-refractivity contribution in [3.63, 3.8) is 0 Å². The summed E-state index contributed by atoms with van der Waals surface area (Å²) in [7, 11) is 0. The molecule has 0 unspecified atom stereocenters. The standard InChI is InChI=1S/C8H14N4O5/c1-3(14)10-5-7(16)6(15)4(2-13)17-8(5)11-12-9/h4-8,13,15-16H,2H2,1H3,(H,10,14)/t4-,5+,6+,7+,8-/m1/s1. The molecule has 0 saturated carbocycles. The lowest BCUT2D eigenvalue weighted by molar-refractivity contribution is -0.193. The number of ether oxygens (including phenoxy) is 1. The van der Waals surface area contributed by atoms with Crippen molar-refractivity contribution >= 4 is 5.91 Å². The van der Waals surface area contributed by atoms with Crippen molar-refractivity contribution in [2.75, 3.05) is 6.61 Å². The van der Waals surface area contributed by atoms with Crippen molar-refractivity contribution in [1.82, 2.24) is 5.32 Å². The highest BCUT2D eigenvalue weighted by Crippen LogP contribution is 2.22. The molecule has 0 bridgehead atoms. The fourth-order valence-corrected chi connectivity index (χ4v) is 1.64. The van der Waals surface area contributed by atoms with E-state index in [-0.39, 0.29) is 0 Å². The lowest BCUT2D eigenvalue weighted by atomic mass is 9.96. The molecule has 1 aliphatic rings. The smallest absolute Gasteiger partial charge is 0.217 e. The van der Waals surface area contributed by atoms with Crippen molar-refractivity contribution in [3.05, 3.63) is 10.4 Å². The molecule has 5 atom stereocenters. The number of rotatable bonds is 3. The van der Waals surface area contributed by atoms with E-state index in [1.54, 1.807) is 0 Å². The number of nitrogens with zero attached hydrogens (tertiary/aromatic N) is 3. The lowest BCUT2D eigenvalue weighted by Gasteiger charge is -2.40. The quantitative estimate of drug-likeness (QED) is 0.264. The second-order valence-electron chi connectivity index (χ2n) is 3.66. The van der Waals surface area contributed by atoms with E-state index in [1.807, 2.05) is 0 Å². The largest absolute Gasteiger partial charge is 0.394 e. The first-order valence-corrected chi connectivity index (χ1v) is 4.95. The molecule has 1 saturated heterocycles. The van der Waals surface area contributed by atoms with Crippen molar-refractivity contribution < 1.29 is 24.9 Å². The summed E-state index contributed by atoms with van der Waals surface area (Å²) in [6.07, 6.45) is -5.01. The average Bonchev–Trinajstić information content (AvgIpc) is 2.28. The highest BCUT2D eigenvalue weighted by Gasteiger charge is 2.44. The van der Waals surface area contributed by atoms with Crippen LogP contribution in [0.15, 0.2) is 5.11 Å². The van der Waals surface area contributed by atoms with Crippen molar-refractivity contribution in [3.8, 4) is 0 Å². The van der Waals surface area contributed by atoms with Gasteiger partial charge in [0.25, 0.3) is 0 Å². The molecule has 1 aliphatic heterocycles. The predicted octanol–water partition coefficient (Wildman–Crippen LogP) is -1.76. The minimum atomic E-state index is -1.39. The molecular formula is C8H14N4O5.